The van der Waals surface area contributed by atoms with E-state index in [0.717, 1.165) is 17.8 Å². The Hall–Kier alpha value is 0.250. The van der Waals surface area contributed by atoms with Crippen molar-refractivity contribution in [3.05, 3.63) is 0 Å². The molecule has 1 nitrogen and oxygen atoms in total. The predicted molar refractivity (Wildman–Crippen MR) is 80.3 cm³/mol. The van der Waals surface area contributed by atoms with Gasteiger partial charge in [-0.1, -0.05) is 26.2 Å². The van der Waals surface area contributed by atoms with E-state index >= 15 is 0 Å². The fraction of sp³-hybridized carbons (Fsp3) is 1.00. The van der Waals surface area contributed by atoms with Crippen molar-refractivity contribution in [2.24, 2.45) is 17.8 Å². The molecule has 0 heterocycles. The molecule has 0 radical (unpaired) electrons. The molecule has 4 rings (SSSR count). The molecule has 4 saturated carbocycles. The van der Waals surface area contributed by atoms with Crippen LogP contribution in [0.15, 0.2) is 0 Å². The van der Waals surface area contributed by atoms with Gasteiger partial charge in [0.15, 0.2) is 0 Å². The van der Waals surface area contributed by atoms with Crippen molar-refractivity contribution in [3.8, 4) is 0 Å². The van der Waals surface area contributed by atoms with Gasteiger partial charge in [0.25, 0.3) is 0 Å². The maximum absolute atomic E-state index is 3.99. The van der Waals surface area contributed by atoms with E-state index in [2.05, 4.69) is 12.2 Å². The van der Waals surface area contributed by atoms with Gasteiger partial charge in [0, 0.05) is 5.54 Å². The van der Waals surface area contributed by atoms with E-state index in [1.807, 2.05) is 0 Å². The Bertz CT molecular complexity index is 229. The van der Waals surface area contributed by atoms with E-state index in [1.54, 1.807) is 19.3 Å². The number of nitrogens with one attached hydrogen (secondary N) is 1. The van der Waals surface area contributed by atoms with E-state index < -0.39 is 0 Å². The number of halogens is 1. The molecule has 0 amide bonds. The van der Waals surface area contributed by atoms with Crippen LogP contribution in [-0.2, 0) is 0 Å². The average molecular weight is 272 g/mol. The molecule has 0 spiro atoms. The van der Waals surface area contributed by atoms with Gasteiger partial charge in [-0.25, -0.2) is 0 Å². The zero-order valence-corrected chi connectivity index (χ0v) is 12.7. The van der Waals surface area contributed by atoms with Gasteiger partial charge < -0.3 is 5.32 Å². The van der Waals surface area contributed by atoms with E-state index in [1.165, 1.54) is 51.5 Å². The van der Waals surface area contributed by atoms with E-state index in [-0.39, 0.29) is 12.4 Å². The second kappa shape index (κ2) is 6.13. The highest BCUT2D eigenvalue weighted by Crippen LogP contribution is 2.55. The van der Waals surface area contributed by atoms with Crippen molar-refractivity contribution in [2.45, 2.75) is 76.7 Å². The van der Waals surface area contributed by atoms with Gasteiger partial charge >= 0.3 is 0 Å². The van der Waals surface area contributed by atoms with Crippen LogP contribution in [0, 0.1) is 17.8 Å². The van der Waals surface area contributed by atoms with Gasteiger partial charge in [0.1, 0.15) is 0 Å². The highest BCUT2D eigenvalue weighted by atomic mass is 35.5. The molecule has 0 aliphatic heterocycles. The molecule has 4 aliphatic carbocycles. The minimum atomic E-state index is 0. The summed E-state index contributed by atoms with van der Waals surface area (Å²) in [4.78, 5) is 0. The molecule has 0 saturated heterocycles. The summed E-state index contributed by atoms with van der Waals surface area (Å²) in [5.41, 5.74) is 0.598. The first kappa shape index (κ1) is 14.7. The van der Waals surface area contributed by atoms with Crippen LogP contribution in [0.2, 0.25) is 0 Å². The van der Waals surface area contributed by atoms with Crippen LogP contribution in [0.5, 0.6) is 0 Å². The number of unbranched alkanes of at least 4 members (excludes halogenated alkanes) is 3. The Kier molecular flexibility index (Phi) is 4.99. The topological polar surface area (TPSA) is 12.0 Å². The van der Waals surface area contributed by atoms with Crippen LogP contribution in [0.3, 0.4) is 0 Å². The molecule has 1 N–H and O–H groups in total. The SMILES string of the molecule is CCCCCCNC12CC3CC(CC(C3)C1)C2.Cl. The summed E-state index contributed by atoms with van der Waals surface area (Å²) < 4.78 is 0. The zero-order valence-electron chi connectivity index (χ0n) is 11.9. The first-order chi connectivity index (χ1) is 8.30. The molecular formula is C16H30ClN. The van der Waals surface area contributed by atoms with Crippen molar-refractivity contribution in [3.63, 3.8) is 0 Å². The molecule has 0 atom stereocenters. The number of rotatable bonds is 6. The van der Waals surface area contributed by atoms with Crippen molar-refractivity contribution in [2.75, 3.05) is 6.54 Å². The molecule has 0 aromatic heterocycles. The Morgan fingerprint density at radius 3 is 1.94 bits per heavy atom. The Balaban J connectivity index is 0.00000120. The Morgan fingerprint density at radius 2 is 1.44 bits per heavy atom. The molecule has 4 fully saturated rings. The van der Waals surface area contributed by atoms with Crippen LogP contribution in [-0.4, -0.2) is 12.1 Å². The van der Waals surface area contributed by atoms with Gasteiger partial charge in [-0.15, -0.1) is 12.4 Å². The van der Waals surface area contributed by atoms with Crippen molar-refractivity contribution < 1.29 is 0 Å². The zero-order chi connectivity index (χ0) is 11.7. The van der Waals surface area contributed by atoms with Crippen LogP contribution in [0.25, 0.3) is 0 Å². The van der Waals surface area contributed by atoms with E-state index in [0.29, 0.717) is 5.54 Å². The minimum Gasteiger partial charge on any atom is -0.311 e. The van der Waals surface area contributed by atoms with Crippen LogP contribution in [0.4, 0.5) is 0 Å². The fourth-order valence-corrected chi connectivity index (χ4v) is 5.23. The molecule has 0 aromatic carbocycles. The molecule has 2 heteroatoms. The van der Waals surface area contributed by atoms with Crippen molar-refractivity contribution >= 4 is 12.4 Å². The van der Waals surface area contributed by atoms with Crippen LogP contribution >= 0.6 is 12.4 Å². The third-order valence-corrected chi connectivity index (χ3v) is 5.57. The largest absolute Gasteiger partial charge is 0.311 e. The second-order valence-corrected chi connectivity index (χ2v) is 7.19. The van der Waals surface area contributed by atoms with E-state index in [4.69, 9.17) is 0 Å². The summed E-state index contributed by atoms with van der Waals surface area (Å²) in [6, 6.07) is 0. The Labute approximate surface area is 119 Å². The molecule has 0 unspecified atom stereocenters. The lowest BCUT2D eigenvalue weighted by Crippen LogP contribution is -2.58. The normalized spacial score (nSPS) is 40.8. The Morgan fingerprint density at radius 1 is 0.889 bits per heavy atom. The van der Waals surface area contributed by atoms with Gasteiger partial charge in [-0.05, 0) is 69.2 Å². The maximum Gasteiger partial charge on any atom is 0.0189 e. The standard InChI is InChI=1S/C16H29N.ClH/c1-2-3-4-5-6-17-16-10-13-7-14(11-16)9-15(8-13)12-16;/h13-15,17H,2-12H2,1H3;1H. The van der Waals surface area contributed by atoms with Gasteiger partial charge in [0.05, 0.1) is 0 Å². The van der Waals surface area contributed by atoms with Gasteiger partial charge in [0.2, 0.25) is 0 Å². The highest BCUT2D eigenvalue weighted by molar-refractivity contribution is 5.85. The third-order valence-electron chi connectivity index (χ3n) is 5.57. The summed E-state index contributed by atoms with van der Waals surface area (Å²) in [6.45, 7) is 3.58. The first-order valence-corrected chi connectivity index (χ1v) is 8.05. The average Bonchev–Trinajstić information content (AvgIpc) is 2.26. The lowest BCUT2D eigenvalue weighted by Gasteiger charge is -2.57. The third kappa shape index (κ3) is 3.04. The lowest BCUT2D eigenvalue weighted by molar-refractivity contribution is -0.0196. The minimum absolute atomic E-state index is 0. The van der Waals surface area contributed by atoms with Crippen LogP contribution < -0.4 is 5.32 Å². The molecule has 18 heavy (non-hydrogen) atoms. The fourth-order valence-electron chi connectivity index (χ4n) is 5.23. The van der Waals surface area contributed by atoms with Gasteiger partial charge in [-0.3, -0.25) is 0 Å². The van der Waals surface area contributed by atoms with Crippen molar-refractivity contribution in [1.29, 1.82) is 0 Å². The van der Waals surface area contributed by atoms with Gasteiger partial charge in [-0.2, -0.15) is 0 Å². The quantitative estimate of drug-likeness (QED) is 0.699. The summed E-state index contributed by atoms with van der Waals surface area (Å²) in [5, 5.41) is 3.99. The predicted octanol–water partition coefficient (Wildman–Crippen LogP) is 4.55. The van der Waals surface area contributed by atoms with Crippen LogP contribution in [0.1, 0.15) is 71.1 Å². The molecule has 106 valence electrons. The summed E-state index contributed by atoms with van der Waals surface area (Å²) in [5.74, 6) is 3.26. The monoisotopic (exact) mass is 271 g/mol. The number of hydrogen-bond donors (Lipinski definition) is 1. The summed E-state index contributed by atoms with van der Waals surface area (Å²) in [6.07, 6.45) is 14.8. The van der Waals surface area contributed by atoms with E-state index in [9.17, 15) is 0 Å². The molecule has 0 aromatic rings. The molecular weight excluding hydrogens is 242 g/mol. The first-order valence-electron chi connectivity index (χ1n) is 8.05. The lowest BCUT2D eigenvalue weighted by atomic mass is 9.53. The van der Waals surface area contributed by atoms with Crippen molar-refractivity contribution in [1.82, 2.24) is 5.32 Å². The molecule has 4 bridgehead atoms. The summed E-state index contributed by atoms with van der Waals surface area (Å²) in [7, 11) is 0. The smallest absolute Gasteiger partial charge is 0.0189 e. The second-order valence-electron chi connectivity index (χ2n) is 7.19. The highest BCUT2D eigenvalue weighted by Gasteiger charge is 2.50. The molecule has 4 aliphatic rings. The maximum atomic E-state index is 3.99. The number of hydrogen-bond acceptors (Lipinski definition) is 1. The summed E-state index contributed by atoms with van der Waals surface area (Å²) >= 11 is 0.